The molecule has 1 rings (SSSR count). The SMILES string of the molecule is Cl.NC(C(=O)O)C1CCCCCNC1=O. The van der Waals surface area contributed by atoms with Crippen LogP contribution >= 0.6 is 12.4 Å². The van der Waals surface area contributed by atoms with E-state index in [0.717, 1.165) is 19.3 Å². The molecular weight excluding hydrogens is 220 g/mol. The van der Waals surface area contributed by atoms with Crippen LogP contribution < -0.4 is 11.1 Å². The molecule has 0 saturated carbocycles. The van der Waals surface area contributed by atoms with E-state index in [9.17, 15) is 9.59 Å². The van der Waals surface area contributed by atoms with E-state index in [2.05, 4.69) is 5.32 Å². The zero-order valence-corrected chi connectivity index (χ0v) is 9.26. The molecule has 4 N–H and O–H groups in total. The molecule has 0 radical (unpaired) electrons. The van der Waals surface area contributed by atoms with Gasteiger partial charge in [0.05, 0.1) is 5.92 Å². The van der Waals surface area contributed by atoms with Crippen LogP contribution in [0.3, 0.4) is 0 Å². The van der Waals surface area contributed by atoms with Crippen molar-refractivity contribution in [2.24, 2.45) is 11.7 Å². The number of carbonyl (C=O) groups excluding carboxylic acids is 1. The molecule has 1 fully saturated rings. The number of halogens is 1. The molecular formula is C9H17ClN2O3. The number of nitrogens with one attached hydrogen (secondary N) is 1. The molecule has 0 aromatic heterocycles. The number of hydrogen-bond donors (Lipinski definition) is 3. The van der Waals surface area contributed by atoms with Gasteiger partial charge in [-0.1, -0.05) is 12.8 Å². The lowest BCUT2D eigenvalue weighted by Crippen LogP contribution is -2.47. The largest absolute Gasteiger partial charge is 0.480 e. The molecule has 0 aromatic rings. The number of carboxylic acids is 1. The predicted octanol–water partition coefficient (Wildman–Crippen LogP) is 0.127. The minimum atomic E-state index is -1.11. The van der Waals surface area contributed by atoms with Gasteiger partial charge in [0.15, 0.2) is 0 Å². The van der Waals surface area contributed by atoms with E-state index >= 15 is 0 Å². The van der Waals surface area contributed by atoms with Crippen molar-refractivity contribution in [3.63, 3.8) is 0 Å². The quantitative estimate of drug-likeness (QED) is 0.635. The first-order valence-corrected chi connectivity index (χ1v) is 4.89. The van der Waals surface area contributed by atoms with E-state index in [0.29, 0.717) is 13.0 Å². The summed E-state index contributed by atoms with van der Waals surface area (Å²) in [4.78, 5) is 22.1. The van der Waals surface area contributed by atoms with E-state index < -0.39 is 17.9 Å². The number of amides is 1. The summed E-state index contributed by atoms with van der Waals surface area (Å²) in [5.41, 5.74) is 5.44. The highest BCUT2D eigenvalue weighted by atomic mass is 35.5. The van der Waals surface area contributed by atoms with Crippen molar-refractivity contribution in [2.75, 3.05) is 6.54 Å². The van der Waals surface area contributed by atoms with Crippen LogP contribution in [-0.4, -0.2) is 29.6 Å². The van der Waals surface area contributed by atoms with Crippen molar-refractivity contribution < 1.29 is 14.7 Å². The van der Waals surface area contributed by atoms with Crippen molar-refractivity contribution in [3.8, 4) is 0 Å². The molecule has 2 atom stereocenters. The first-order valence-electron chi connectivity index (χ1n) is 4.89. The molecule has 1 saturated heterocycles. The molecule has 1 amide bonds. The van der Waals surface area contributed by atoms with Gasteiger partial charge in [0.1, 0.15) is 6.04 Å². The first-order chi connectivity index (χ1) is 6.63. The summed E-state index contributed by atoms with van der Waals surface area (Å²) < 4.78 is 0. The third-order valence-corrected chi connectivity index (χ3v) is 2.55. The molecule has 0 aromatic carbocycles. The van der Waals surface area contributed by atoms with Crippen LogP contribution in [0.5, 0.6) is 0 Å². The molecule has 0 bridgehead atoms. The second-order valence-electron chi connectivity index (χ2n) is 3.61. The minimum Gasteiger partial charge on any atom is -0.480 e. The highest BCUT2D eigenvalue weighted by molar-refractivity contribution is 5.86. The first kappa shape index (κ1) is 14.2. The minimum absolute atomic E-state index is 0. The van der Waals surface area contributed by atoms with Gasteiger partial charge in [-0.25, -0.2) is 0 Å². The Bertz CT molecular complexity index is 235. The zero-order chi connectivity index (χ0) is 10.6. The van der Waals surface area contributed by atoms with Crippen LogP contribution in [-0.2, 0) is 9.59 Å². The third kappa shape index (κ3) is 4.05. The summed E-state index contributed by atoms with van der Waals surface area (Å²) in [7, 11) is 0. The van der Waals surface area contributed by atoms with Crippen LogP contribution in [0.25, 0.3) is 0 Å². The van der Waals surface area contributed by atoms with Gasteiger partial charge in [-0.3, -0.25) is 9.59 Å². The summed E-state index contributed by atoms with van der Waals surface area (Å²) in [5.74, 6) is -1.90. The van der Waals surface area contributed by atoms with Crippen LogP contribution in [0.4, 0.5) is 0 Å². The molecule has 1 aliphatic heterocycles. The Morgan fingerprint density at radius 2 is 2.13 bits per heavy atom. The summed E-state index contributed by atoms with van der Waals surface area (Å²) >= 11 is 0. The van der Waals surface area contributed by atoms with Crippen LogP contribution in [0, 0.1) is 5.92 Å². The predicted molar refractivity (Wildman–Crippen MR) is 57.8 cm³/mol. The van der Waals surface area contributed by atoms with Gasteiger partial charge in [0, 0.05) is 6.54 Å². The maximum atomic E-state index is 11.5. The number of nitrogens with two attached hydrogens (primary N) is 1. The van der Waals surface area contributed by atoms with Crippen LogP contribution in [0.15, 0.2) is 0 Å². The van der Waals surface area contributed by atoms with E-state index in [1.165, 1.54) is 0 Å². The molecule has 1 heterocycles. The maximum Gasteiger partial charge on any atom is 0.321 e. The van der Waals surface area contributed by atoms with E-state index in [4.69, 9.17) is 10.8 Å². The Kier molecular flexibility index (Phi) is 6.27. The normalized spacial score (nSPS) is 24.1. The Hall–Kier alpha value is -0.810. The summed E-state index contributed by atoms with van der Waals surface area (Å²) in [6.45, 7) is 0.627. The summed E-state index contributed by atoms with van der Waals surface area (Å²) in [6.07, 6.45) is 3.42. The number of carboxylic acid groups (broad SMARTS) is 1. The van der Waals surface area contributed by atoms with Crippen molar-refractivity contribution in [3.05, 3.63) is 0 Å². The number of hydrogen-bond acceptors (Lipinski definition) is 3. The molecule has 1 aliphatic rings. The smallest absolute Gasteiger partial charge is 0.321 e. The van der Waals surface area contributed by atoms with E-state index in [1.807, 2.05) is 0 Å². The van der Waals surface area contributed by atoms with Crippen LogP contribution in [0.2, 0.25) is 0 Å². The van der Waals surface area contributed by atoms with Crippen molar-refractivity contribution in [1.29, 1.82) is 0 Å². The standard InChI is InChI=1S/C9H16N2O3.ClH/c10-7(9(13)14)6-4-2-1-3-5-11-8(6)12;/h6-7H,1-5,10H2,(H,11,12)(H,13,14);1H. The van der Waals surface area contributed by atoms with Gasteiger partial charge in [-0.15, -0.1) is 12.4 Å². The van der Waals surface area contributed by atoms with Gasteiger partial charge in [-0.05, 0) is 12.8 Å². The fourth-order valence-electron chi connectivity index (χ4n) is 1.65. The molecule has 15 heavy (non-hydrogen) atoms. The summed E-state index contributed by atoms with van der Waals surface area (Å²) in [5, 5.41) is 11.4. The second kappa shape index (κ2) is 6.63. The number of aliphatic carboxylic acids is 1. The third-order valence-electron chi connectivity index (χ3n) is 2.55. The lowest BCUT2D eigenvalue weighted by atomic mass is 9.91. The van der Waals surface area contributed by atoms with Gasteiger partial charge in [0.2, 0.25) is 5.91 Å². The molecule has 6 heteroatoms. The van der Waals surface area contributed by atoms with Gasteiger partial charge >= 0.3 is 5.97 Å². The molecule has 0 aliphatic carbocycles. The van der Waals surface area contributed by atoms with Gasteiger partial charge in [0.25, 0.3) is 0 Å². The number of rotatable bonds is 2. The van der Waals surface area contributed by atoms with Gasteiger partial charge in [-0.2, -0.15) is 0 Å². The van der Waals surface area contributed by atoms with Crippen molar-refractivity contribution in [2.45, 2.75) is 31.7 Å². The maximum absolute atomic E-state index is 11.5. The van der Waals surface area contributed by atoms with Crippen molar-refractivity contribution in [1.82, 2.24) is 5.32 Å². The molecule has 2 unspecified atom stereocenters. The Labute approximate surface area is 94.8 Å². The van der Waals surface area contributed by atoms with Crippen molar-refractivity contribution >= 4 is 24.3 Å². The van der Waals surface area contributed by atoms with Gasteiger partial charge < -0.3 is 16.2 Å². The number of carbonyl (C=O) groups is 2. The Morgan fingerprint density at radius 1 is 1.47 bits per heavy atom. The van der Waals surface area contributed by atoms with Crippen LogP contribution in [0.1, 0.15) is 25.7 Å². The zero-order valence-electron chi connectivity index (χ0n) is 8.44. The Balaban J connectivity index is 0.00000196. The van der Waals surface area contributed by atoms with E-state index in [1.54, 1.807) is 0 Å². The lowest BCUT2D eigenvalue weighted by molar-refractivity contribution is -0.143. The average Bonchev–Trinajstić information content (AvgIpc) is 2.11. The average molecular weight is 237 g/mol. The summed E-state index contributed by atoms with van der Waals surface area (Å²) in [6, 6.07) is -1.08. The lowest BCUT2D eigenvalue weighted by Gasteiger charge is -2.22. The van der Waals surface area contributed by atoms with E-state index in [-0.39, 0.29) is 18.3 Å². The fraction of sp³-hybridized carbons (Fsp3) is 0.778. The Morgan fingerprint density at radius 3 is 2.73 bits per heavy atom. The fourth-order valence-corrected chi connectivity index (χ4v) is 1.65. The molecule has 88 valence electrons. The monoisotopic (exact) mass is 236 g/mol. The molecule has 0 spiro atoms. The molecule has 5 nitrogen and oxygen atoms in total. The highest BCUT2D eigenvalue weighted by Crippen LogP contribution is 2.15. The highest BCUT2D eigenvalue weighted by Gasteiger charge is 2.30. The topological polar surface area (TPSA) is 92.4 Å². The second-order valence-corrected chi connectivity index (χ2v) is 3.61.